The number of aliphatic carboxylic acids is 1. The van der Waals surface area contributed by atoms with Crippen LogP contribution in [0.25, 0.3) is 0 Å². The lowest BCUT2D eigenvalue weighted by Crippen LogP contribution is -2.10. The number of hydrogen-bond donors (Lipinski definition) is 2. The molecule has 0 aliphatic carbocycles. The first-order valence-corrected chi connectivity index (χ1v) is 4.26. The van der Waals surface area contributed by atoms with Crippen LogP contribution in [0.1, 0.15) is 17.7 Å². The van der Waals surface area contributed by atoms with Crippen LogP contribution >= 0.6 is 0 Å². The van der Waals surface area contributed by atoms with E-state index in [0.717, 1.165) is 6.20 Å². The second kappa shape index (κ2) is 4.68. The Morgan fingerprint density at radius 1 is 1.65 bits per heavy atom. The first-order valence-electron chi connectivity index (χ1n) is 4.26. The van der Waals surface area contributed by atoms with Crippen molar-refractivity contribution in [2.45, 2.75) is 12.8 Å². The van der Waals surface area contributed by atoms with Gasteiger partial charge in [-0.25, -0.2) is 8.78 Å². The Bertz CT molecular complexity index is 478. The third kappa shape index (κ3) is 2.62. The molecule has 9 heteroatoms. The molecular weight excluding hydrogens is 240 g/mol. The summed E-state index contributed by atoms with van der Waals surface area (Å²) in [6.45, 7) is 0. The Hall–Kier alpha value is -2.32. The monoisotopic (exact) mass is 247 g/mol. The highest BCUT2D eigenvalue weighted by atomic mass is 19.3. The van der Waals surface area contributed by atoms with E-state index >= 15 is 0 Å². The summed E-state index contributed by atoms with van der Waals surface area (Å²) in [7, 11) is 0. The Morgan fingerprint density at radius 2 is 2.24 bits per heavy atom. The maximum atomic E-state index is 12.6. The summed E-state index contributed by atoms with van der Waals surface area (Å²) in [5.41, 5.74) is 2.04. The molecule has 0 spiro atoms. The molecule has 0 aliphatic heterocycles. The predicted octanol–water partition coefficient (Wildman–Crippen LogP) is 1.14. The Balaban J connectivity index is 3.47. The zero-order valence-corrected chi connectivity index (χ0v) is 8.26. The van der Waals surface area contributed by atoms with Gasteiger partial charge in [0.05, 0.1) is 23.2 Å². The molecule has 0 saturated carbocycles. The van der Waals surface area contributed by atoms with Crippen molar-refractivity contribution in [1.29, 1.82) is 0 Å². The molecule has 0 radical (unpaired) electrons. The van der Waals surface area contributed by atoms with Crippen molar-refractivity contribution < 1.29 is 23.6 Å². The number of nitrogen functional groups attached to an aromatic ring is 1. The lowest BCUT2D eigenvalue weighted by molar-refractivity contribution is -0.387. The topological polar surface area (TPSA) is 119 Å². The van der Waals surface area contributed by atoms with Gasteiger partial charge in [-0.05, 0) is 0 Å². The minimum Gasteiger partial charge on any atom is -0.481 e. The Labute approximate surface area is 93.0 Å². The highest BCUT2D eigenvalue weighted by Gasteiger charge is 2.30. The fourth-order valence-corrected chi connectivity index (χ4v) is 1.28. The molecule has 0 unspecified atom stereocenters. The van der Waals surface area contributed by atoms with E-state index in [1.165, 1.54) is 0 Å². The standard InChI is InChI=1S/C8H7F2N3O4/c9-8(10)6-3(11)2-12-4(1-5(14)15)7(6)13(16)17/h2,8H,1,11H2,(H,14,15). The molecular formula is C8H7F2N3O4. The molecule has 17 heavy (non-hydrogen) atoms. The first kappa shape index (κ1) is 12.7. The van der Waals surface area contributed by atoms with Gasteiger partial charge in [-0.3, -0.25) is 19.9 Å². The number of nitro groups is 1. The molecule has 0 bridgehead atoms. The maximum absolute atomic E-state index is 12.6. The fourth-order valence-electron chi connectivity index (χ4n) is 1.28. The molecule has 7 nitrogen and oxygen atoms in total. The normalized spacial score (nSPS) is 10.5. The molecule has 0 atom stereocenters. The third-order valence-corrected chi connectivity index (χ3v) is 1.92. The zero-order valence-electron chi connectivity index (χ0n) is 8.26. The number of rotatable bonds is 4. The molecule has 0 aromatic carbocycles. The number of hydrogen-bond acceptors (Lipinski definition) is 5. The lowest BCUT2D eigenvalue weighted by atomic mass is 10.1. The number of carboxylic acid groups (broad SMARTS) is 1. The largest absolute Gasteiger partial charge is 0.481 e. The van der Waals surface area contributed by atoms with Gasteiger partial charge < -0.3 is 10.8 Å². The van der Waals surface area contributed by atoms with Crippen LogP contribution in [0.5, 0.6) is 0 Å². The summed E-state index contributed by atoms with van der Waals surface area (Å²) in [5, 5.41) is 19.2. The molecule has 1 aromatic rings. The van der Waals surface area contributed by atoms with Gasteiger partial charge in [-0.1, -0.05) is 0 Å². The number of nitrogens with two attached hydrogens (primary N) is 1. The SMILES string of the molecule is Nc1cnc(CC(=O)O)c([N+](=O)[O-])c1C(F)F. The molecule has 92 valence electrons. The van der Waals surface area contributed by atoms with Crippen molar-refractivity contribution in [3.05, 3.63) is 27.6 Å². The van der Waals surface area contributed by atoms with Crippen molar-refractivity contribution in [2.75, 3.05) is 5.73 Å². The zero-order chi connectivity index (χ0) is 13.2. The number of carboxylic acids is 1. The van der Waals surface area contributed by atoms with E-state index in [1.807, 2.05) is 0 Å². The summed E-state index contributed by atoms with van der Waals surface area (Å²) >= 11 is 0. The van der Waals surface area contributed by atoms with Crippen LogP contribution in [0.15, 0.2) is 6.20 Å². The fraction of sp³-hybridized carbons (Fsp3) is 0.250. The van der Waals surface area contributed by atoms with Crippen molar-refractivity contribution in [3.8, 4) is 0 Å². The quantitative estimate of drug-likeness (QED) is 0.608. The van der Waals surface area contributed by atoms with Crippen molar-refractivity contribution in [2.24, 2.45) is 0 Å². The average Bonchev–Trinajstić information content (AvgIpc) is 2.18. The summed E-state index contributed by atoms with van der Waals surface area (Å²) in [5.74, 6) is -1.41. The second-order valence-corrected chi connectivity index (χ2v) is 3.05. The van der Waals surface area contributed by atoms with Crippen LogP contribution in [0, 0.1) is 10.1 Å². The summed E-state index contributed by atoms with van der Waals surface area (Å²) in [4.78, 5) is 23.4. The molecule has 0 saturated heterocycles. The van der Waals surface area contributed by atoms with Gasteiger partial charge in [0.25, 0.3) is 6.43 Å². The van der Waals surface area contributed by atoms with Crippen molar-refractivity contribution in [1.82, 2.24) is 4.98 Å². The van der Waals surface area contributed by atoms with Gasteiger partial charge in [0.15, 0.2) is 0 Å². The maximum Gasteiger partial charge on any atom is 0.309 e. The van der Waals surface area contributed by atoms with Gasteiger partial charge in [0, 0.05) is 0 Å². The highest BCUT2D eigenvalue weighted by Crippen LogP contribution is 2.35. The number of pyridine rings is 1. The molecule has 1 heterocycles. The van der Waals surface area contributed by atoms with Gasteiger partial charge in [-0.15, -0.1) is 0 Å². The second-order valence-electron chi connectivity index (χ2n) is 3.05. The van der Waals surface area contributed by atoms with E-state index < -0.39 is 46.4 Å². The van der Waals surface area contributed by atoms with Crippen LogP contribution in [0.3, 0.4) is 0 Å². The minimum absolute atomic E-state index is 0.541. The molecule has 0 amide bonds. The average molecular weight is 247 g/mol. The Morgan fingerprint density at radius 3 is 2.65 bits per heavy atom. The van der Waals surface area contributed by atoms with Crippen molar-refractivity contribution >= 4 is 17.3 Å². The van der Waals surface area contributed by atoms with E-state index in [4.69, 9.17) is 10.8 Å². The van der Waals surface area contributed by atoms with Gasteiger partial charge >= 0.3 is 11.7 Å². The Kier molecular flexibility index (Phi) is 3.51. The first-order chi connectivity index (χ1) is 7.84. The smallest absolute Gasteiger partial charge is 0.309 e. The predicted molar refractivity (Wildman–Crippen MR) is 51.6 cm³/mol. The highest BCUT2D eigenvalue weighted by molar-refractivity contribution is 5.73. The minimum atomic E-state index is -3.18. The third-order valence-electron chi connectivity index (χ3n) is 1.92. The summed E-state index contributed by atoms with van der Waals surface area (Å²) < 4.78 is 25.2. The molecule has 0 fully saturated rings. The molecule has 1 aromatic heterocycles. The van der Waals surface area contributed by atoms with E-state index in [1.54, 1.807) is 0 Å². The van der Waals surface area contributed by atoms with Crippen LogP contribution in [0.2, 0.25) is 0 Å². The van der Waals surface area contributed by atoms with Crippen LogP contribution in [-0.4, -0.2) is 21.0 Å². The van der Waals surface area contributed by atoms with Crippen LogP contribution in [0.4, 0.5) is 20.2 Å². The van der Waals surface area contributed by atoms with Gasteiger partial charge in [0.2, 0.25) is 0 Å². The number of anilines is 1. The summed E-state index contributed by atoms with van der Waals surface area (Å²) in [6, 6.07) is 0. The number of aromatic nitrogens is 1. The van der Waals surface area contributed by atoms with Gasteiger partial charge in [0.1, 0.15) is 11.3 Å². The van der Waals surface area contributed by atoms with Crippen molar-refractivity contribution in [3.63, 3.8) is 0 Å². The van der Waals surface area contributed by atoms with Crippen LogP contribution < -0.4 is 5.73 Å². The number of halogens is 2. The number of nitrogens with zero attached hydrogens (tertiary/aromatic N) is 2. The van der Waals surface area contributed by atoms with E-state index in [2.05, 4.69) is 4.98 Å². The van der Waals surface area contributed by atoms with E-state index in [-0.39, 0.29) is 0 Å². The number of carbonyl (C=O) groups is 1. The summed E-state index contributed by atoms with van der Waals surface area (Å²) in [6.07, 6.45) is -3.21. The van der Waals surface area contributed by atoms with E-state index in [9.17, 15) is 23.7 Å². The van der Waals surface area contributed by atoms with Crippen LogP contribution in [-0.2, 0) is 11.2 Å². The molecule has 1 rings (SSSR count). The lowest BCUT2D eigenvalue weighted by Gasteiger charge is -2.07. The molecule has 0 aliphatic rings. The number of alkyl halides is 2. The van der Waals surface area contributed by atoms with E-state index in [0.29, 0.717) is 0 Å². The van der Waals surface area contributed by atoms with Gasteiger partial charge in [-0.2, -0.15) is 0 Å². The molecule has 3 N–H and O–H groups in total.